The van der Waals surface area contributed by atoms with Gasteiger partial charge < -0.3 is 14.7 Å². The average molecular weight is 285 g/mol. The summed E-state index contributed by atoms with van der Waals surface area (Å²) < 4.78 is 5.96. The molecule has 0 radical (unpaired) electrons. The van der Waals surface area contributed by atoms with Gasteiger partial charge in [-0.15, -0.1) is 0 Å². The van der Waals surface area contributed by atoms with Crippen molar-refractivity contribution in [3.05, 3.63) is 0 Å². The molecule has 3 atom stereocenters. The highest BCUT2D eigenvalue weighted by molar-refractivity contribution is 5.81. The summed E-state index contributed by atoms with van der Waals surface area (Å²) in [5.41, 5.74) is 0. The van der Waals surface area contributed by atoms with Crippen molar-refractivity contribution in [3.63, 3.8) is 0 Å². The standard InChI is InChI=1S/C15H27NO4/c1-4-13(15(19)16(3)9-8-14(17)18)20-12-7-5-6-11(2)10-12/h11-13H,4-10H2,1-3H3,(H,17,18). The molecular weight excluding hydrogens is 258 g/mol. The van der Waals surface area contributed by atoms with E-state index in [1.807, 2.05) is 6.92 Å². The van der Waals surface area contributed by atoms with E-state index in [-0.39, 0.29) is 25.0 Å². The largest absolute Gasteiger partial charge is 0.481 e. The van der Waals surface area contributed by atoms with Crippen molar-refractivity contribution >= 4 is 11.9 Å². The minimum Gasteiger partial charge on any atom is -0.481 e. The van der Waals surface area contributed by atoms with Crippen LogP contribution < -0.4 is 0 Å². The number of ether oxygens (including phenoxy) is 1. The van der Waals surface area contributed by atoms with Gasteiger partial charge in [0.1, 0.15) is 6.10 Å². The molecule has 0 aromatic carbocycles. The first-order chi connectivity index (χ1) is 9.43. The van der Waals surface area contributed by atoms with E-state index in [0.717, 1.165) is 19.3 Å². The minimum absolute atomic E-state index is 0.0286. The lowest BCUT2D eigenvalue weighted by Crippen LogP contribution is -2.41. The van der Waals surface area contributed by atoms with Gasteiger partial charge in [0.2, 0.25) is 0 Å². The molecule has 1 saturated carbocycles. The van der Waals surface area contributed by atoms with Crippen molar-refractivity contribution in [1.82, 2.24) is 4.90 Å². The number of nitrogens with zero attached hydrogens (tertiary/aromatic N) is 1. The van der Waals surface area contributed by atoms with Crippen LogP contribution in [0.5, 0.6) is 0 Å². The van der Waals surface area contributed by atoms with Gasteiger partial charge in [-0.2, -0.15) is 0 Å². The minimum atomic E-state index is -0.889. The molecule has 0 bridgehead atoms. The summed E-state index contributed by atoms with van der Waals surface area (Å²) in [6, 6.07) is 0. The number of aliphatic carboxylic acids is 1. The summed E-state index contributed by atoms with van der Waals surface area (Å²) in [4.78, 5) is 24.3. The lowest BCUT2D eigenvalue weighted by Gasteiger charge is -2.31. The predicted octanol–water partition coefficient (Wildman–Crippen LogP) is 2.29. The van der Waals surface area contributed by atoms with E-state index in [1.165, 1.54) is 11.3 Å². The molecule has 5 heteroatoms. The van der Waals surface area contributed by atoms with Gasteiger partial charge in [0, 0.05) is 13.6 Å². The molecule has 1 rings (SSSR count). The summed E-state index contributed by atoms with van der Waals surface area (Å²) in [5.74, 6) is -0.335. The molecule has 1 fully saturated rings. The van der Waals surface area contributed by atoms with Crippen LogP contribution >= 0.6 is 0 Å². The molecule has 0 spiro atoms. The Labute approximate surface area is 121 Å². The SMILES string of the molecule is CCC(OC1CCCC(C)C1)C(=O)N(C)CCC(=O)O. The second-order valence-electron chi connectivity index (χ2n) is 5.83. The Morgan fingerprint density at radius 1 is 1.40 bits per heavy atom. The number of hydrogen-bond donors (Lipinski definition) is 1. The maximum atomic E-state index is 12.3. The molecule has 0 saturated heterocycles. The highest BCUT2D eigenvalue weighted by atomic mass is 16.5. The number of rotatable bonds is 7. The van der Waals surface area contributed by atoms with Crippen LogP contribution in [-0.2, 0) is 14.3 Å². The normalized spacial score (nSPS) is 24.1. The molecule has 116 valence electrons. The van der Waals surface area contributed by atoms with Crippen LogP contribution in [0.25, 0.3) is 0 Å². The van der Waals surface area contributed by atoms with Gasteiger partial charge in [0.25, 0.3) is 5.91 Å². The van der Waals surface area contributed by atoms with Crippen LogP contribution in [0.4, 0.5) is 0 Å². The summed E-state index contributed by atoms with van der Waals surface area (Å²) in [6.45, 7) is 4.38. The van der Waals surface area contributed by atoms with Gasteiger partial charge in [0.05, 0.1) is 12.5 Å². The second-order valence-corrected chi connectivity index (χ2v) is 5.83. The predicted molar refractivity (Wildman–Crippen MR) is 76.5 cm³/mol. The van der Waals surface area contributed by atoms with E-state index < -0.39 is 12.1 Å². The Bertz CT molecular complexity index is 332. The lowest BCUT2D eigenvalue weighted by atomic mass is 9.88. The van der Waals surface area contributed by atoms with Crippen LogP contribution in [0.3, 0.4) is 0 Å². The number of carboxylic acid groups (broad SMARTS) is 1. The van der Waals surface area contributed by atoms with Crippen LogP contribution in [0, 0.1) is 5.92 Å². The zero-order valence-electron chi connectivity index (χ0n) is 12.8. The highest BCUT2D eigenvalue weighted by Gasteiger charge is 2.27. The van der Waals surface area contributed by atoms with Gasteiger partial charge in [-0.1, -0.05) is 26.7 Å². The van der Waals surface area contributed by atoms with Crippen LogP contribution in [0.15, 0.2) is 0 Å². The average Bonchev–Trinajstić information content (AvgIpc) is 2.41. The third-order valence-electron chi connectivity index (χ3n) is 3.93. The molecule has 0 aromatic rings. The van der Waals surface area contributed by atoms with Crippen LogP contribution in [0.2, 0.25) is 0 Å². The molecule has 0 heterocycles. The molecule has 1 N–H and O–H groups in total. The summed E-state index contributed by atoms with van der Waals surface area (Å²) in [5, 5.41) is 8.66. The zero-order valence-corrected chi connectivity index (χ0v) is 12.8. The number of amides is 1. The fourth-order valence-corrected chi connectivity index (χ4v) is 2.68. The Morgan fingerprint density at radius 2 is 2.10 bits per heavy atom. The third-order valence-corrected chi connectivity index (χ3v) is 3.93. The molecule has 1 aliphatic carbocycles. The summed E-state index contributed by atoms with van der Waals surface area (Å²) >= 11 is 0. The lowest BCUT2D eigenvalue weighted by molar-refractivity contribution is -0.149. The monoisotopic (exact) mass is 285 g/mol. The first-order valence-corrected chi connectivity index (χ1v) is 7.56. The number of carbonyl (C=O) groups excluding carboxylic acids is 1. The van der Waals surface area contributed by atoms with Crippen LogP contribution in [-0.4, -0.2) is 47.7 Å². The summed E-state index contributed by atoms with van der Waals surface area (Å²) in [6.07, 6.45) is 4.76. The highest BCUT2D eigenvalue weighted by Crippen LogP contribution is 2.27. The first kappa shape index (κ1) is 17.0. The fourth-order valence-electron chi connectivity index (χ4n) is 2.68. The molecule has 5 nitrogen and oxygen atoms in total. The maximum Gasteiger partial charge on any atom is 0.305 e. The van der Waals surface area contributed by atoms with E-state index in [9.17, 15) is 9.59 Å². The Hall–Kier alpha value is -1.10. The van der Waals surface area contributed by atoms with E-state index in [1.54, 1.807) is 7.05 Å². The second kappa shape index (κ2) is 8.25. The van der Waals surface area contributed by atoms with E-state index in [2.05, 4.69) is 6.92 Å². The van der Waals surface area contributed by atoms with Crippen molar-refractivity contribution < 1.29 is 19.4 Å². The number of carbonyl (C=O) groups is 2. The fraction of sp³-hybridized carbons (Fsp3) is 0.867. The Morgan fingerprint density at radius 3 is 2.65 bits per heavy atom. The van der Waals surface area contributed by atoms with Gasteiger partial charge in [-0.05, 0) is 25.2 Å². The Kier molecular flexibility index (Phi) is 6.99. The third kappa shape index (κ3) is 5.49. The number of likely N-dealkylation sites (N-methyl/N-ethyl adjacent to an activating group) is 1. The van der Waals surface area contributed by atoms with Crippen molar-refractivity contribution in [1.29, 1.82) is 0 Å². The molecule has 1 aliphatic rings. The first-order valence-electron chi connectivity index (χ1n) is 7.56. The van der Waals surface area contributed by atoms with E-state index in [0.29, 0.717) is 12.3 Å². The smallest absolute Gasteiger partial charge is 0.305 e. The summed E-state index contributed by atoms with van der Waals surface area (Å²) in [7, 11) is 1.64. The van der Waals surface area contributed by atoms with Crippen LogP contribution in [0.1, 0.15) is 52.4 Å². The quantitative estimate of drug-likeness (QED) is 0.779. The molecule has 0 aliphatic heterocycles. The molecular formula is C15H27NO4. The van der Waals surface area contributed by atoms with Gasteiger partial charge in [-0.3, -0.25) is 9.59 Å². The van der Waals surface area contributed by atoms with Gasteiger partial charge >= 0.3 is 5.97 Å². The van der Waals surface area contributed by atoms with Gasteiger partial charge in [0.15, 0.2) is 0 Å². The molecule has 20 heavy (non-hydrogen) atoms. The molecule has 0 aromatic heterocycles. The molecule has 1 amide bonds. The zero-order chi connectivity index (χ0) is 15.1. The Balaban J connectivity index is 2.47. The number of hydrogen-bond acceptors (Lipinski definition) is 3. The molecule has 3 unspecified atom stereocenters. The number of carboxylic acids is 1. The van der Waals surface area contributed by atoms with Gasteiger partial charge in [-0.25, -0.2) is 0 Å². The topological polar surface area (TPSA) is 66.8 Å². The maximum absolute atomic E-state index is 12.3. The van der Waals surface area contributed by atoms with E-state index >= 15 is 0 Å². The van der Waals surface area contributed by atoms with Crippen molar-refractivity contribution in [2.75, 3.05) is 13.6 Å². The van der Waals surface area contributed by atoms with Crippen molar-refractivity contribution in [2.45, 2.75) is 64.6 Å². The van der Waals surface area contributed by atoms with Crippen molar-refractivity contribution in [3.8, 4) is 0 Å². The van der Waals surface area contributed by atoms with E-state index in [4.69, 9.17) is 9.84 Å². The van der Waals surface area contributed by atoms with Crippen molar-refractivity contribution in [2.24, 2.45) is 5.92 Å².